The maximum atomic E-state index is 7.10. The Balaban J connectivity index is 1.06. The number of halogens is 1. The molecule has 0 unspecified atom stereocenters. The zero-order valence-corrected chi connectivity index (χ0v) is 52.8. The predicted octanol–water partition coefficient (Wildman–Crippen LogP) is 24.2. The second-order valence-corrected chi connectivity index (χ2v) is 26.8. The molecule has 5 heteroatoms. The molecule has 0 atom stereocenters. The van der Waals surface area contributed by atoms with Gasteiger partial charge in [0.1, 0.15) is 11.5 Å². The van der Waals surface area contributed by atoms with Crippen molar-refractivity contribution >= 4 is 55.7 Å². The highest BCUT2D eigenvalue weighted by atomic mass is 79.9. The van der Waals surface area contributed by atoms with Gasteiger partial charge in [-0.25, -0.2) is 0 Å². The summed E-state index contributed by atoms with van der Waals surface area (Å²) in [5.74, 6) is 3.06. The fourth-order valence-electron chi connectivity index (χ4n) is 14.9. The van der Waals surface area contributed by atoms with Gasteiger partial charge in [-0.05, 0) is 184 Å². The van der Waals surface area contributed by atoms with Gasteiger partial charge in [-0.2, -0.15) is 0 Å². The van der Waals surface area contributed by atoms with Crippen LogP contribution in [-0.4, -0.2) is 12.1 Å². The molecule has 2 saturated carbocycles. The van der Waals surface area contributed by atoms with Crippen LogP contribution in [0.4, 0.5) is 39.8 Å². The fraction of sp³-hybridized carbons (Fsp3) is 0.153. The third-order valence-electron chi connectivity index (χ3n) is 18.9. The van der Waals surface area contributed by atoms with Gasteiger partial charge in [0.05, 0.1) is 22.7 Å². The Labute approximate surface area is 539 Å². The first-order valence-corrected chi connectivity index (χ1v) is 32.8. The SMILES string of the molecule is CC(C)(C)c1cc(Br)cc(Oc2cccc(N(c3cc(N(c4ccccc4)c4c(-c5ccccc5)cc(-c5ccccc5)cc4-c4ccccc4)cc(N4C5CC6CC(C5)CC4C6)c3)c3c(-c4ccccc4)cc(-c4ccccc4)cc3-c3ccccc3)c2)c1. The zero-order chi connectivity index (χ0) is 60.7. The van der Waals surface area contributed by atoms with E-state index in [1.807, 2.05) is 0 Å². The summed E-state index contributed by atoms with van der Waals surface area (Å²) in [6.07, 6.45) is 6.25. The molecule has 12 aromatic carbocycles. The number of benzene rings is 12. The van der Waals surface area contributed by atoms with E-state index in [-0.39, 0.29) is 5.41 Å². The van der Waals surface area contributed by atoms with E-state index in [2.05, 4.69) is 349 Å². The van der Waals surface area contributed by atoms with Crippen LogP contribution in [0.5, 0.6) is 11.5 Å². The molecule has 4 bridgehead atoms. The van der Waals surface area contributed by atoms with E-state index in [0.29, 0.717) is 12.1 Å². The minimum absolute atomic E-state index is 0.0918. The second-order valence-electron chi connectivity index (χ2n) is 25.9. The average Bonchev–Trinajstić information content (AvgIpc) is 0.871. The molecule has 0 radical (unpaired) electrons. The molecule has 12 aromatic rings. The topological polar surface area (TPSA) is 19.0 Å². The summed E-state index contributed by atoms with van der Waals surface area (Å²) in [5.41, 5.74) is 22.3. The zero-order valence-electron chi connectivity index (χ0n) is 51.3. The molecule has 2 heterocycles. The molecular formula is C85H72BrN3O. The quantitative estimate of drug-likeness (QED) is 0.102. The van der Waals surface area contributed by atoms with Crippen LogP contribution in [0.15, 0.2) is 302 Å². The Hall–Kier alpha value is -9.68. The van der Waals surface area contributed by atoms with Gasteiger partial charge in [-0.3, -0.25) is 0 Å². The average molecular weight is 1230 g/mol. The lowest BCUT2D eigenvalue weighted by atomic mass is 9.63. The van der Waals surface area contributed by atoms with Gasteiger partial charge in [0, 0.05) is 61.9 Å². The molecule has 440 valence electrons. The van der Waals surface area contributed by atoms with Gasteiger partial charge < -0.3 is 19.4 Å². The normalized spacial score (nSPS) is 16.6. The maximum absolute atomic E-state index is 7.10. The van der Waals surface area contributed by atoms with Gasteiger partial charge >= 0.3 is 0 Å². The summed E-state index contributed by atoms with van der Waals surface area (Å²) in [6, 6.07) is 110. The smallest absolute Gasteiger partial charge is 0.129 e. The maximum Gasteiger partial charge on any atom is 0.129 e. The van der Waals surface area contributed by atoms with Crippen LogP contribution >= 0.6 is 15.9 Å². The monoisotopic (exact) mass is 1230 g/mol. The van der Waals surface area contributed by atoms with E-state index in [4.69, 9.17) is 4.74 Å². The van der Waals surface area contributed by atoms with Gasteiger partial charge in [-0.1, -0.05) is 243 Å². The first kappa shape index (κ1) is 56.8. The first-order valence-electron chi connectivity index (χ1n) is 32.0. The molecule has 2 aliphatic carbocycles. The highest BCUT2D eigenvalue weighted by molar-refractivity contribution is 9.10. The van der Waals surface area contributed by atoms with Crippen molar-refractivity contribution < 1.29 is 4.74 Å². The summed E-state index contributed by atoms with van der Waals surface area (Å²) in [4.78, 5) is 8.02. The number of hydrogen-bond acceptors (Lipinski definition) is 4. The van der Waals surface area contributed by atoms with Crippen molar-refractivity contribution in [3.8, 4) is 78.3 Å². The van der Waals surface area contributed by atoms with E-state index < -0.39 is 0 Å². The van der Waals surface area contributed by atoms with E-state index >= 15 is 0 Å². The highest BCUT2D eigenvalue weighted by Gasteiger charge is 2.47. The van der Waals surface area contributed by atoms with Crippen LogP contribution in [0.3, 0.4) is 0 Å². The summed E-state index contributed by atoms with van der Waals surface area (Å²) in [7, 11) is 0. The molecular weight excluding hydrogens is 1160 g/mol. The summed E-state index contributed by atoms with van der Waals surface area (Å²) in [6.45, 7) is 6.75. The Morgan fingerprint density at radius 3 is 1.12 bits per heavy atom. The summed E-state index contributed by atoms with van der Waals surface area (Å²) < 4.78 is 8.08. The second kappa shape index (κ2) is 24.4. The van der Waals surface area contributed by atoms with E-state index in [1.165, 1.54) is 48.9 Å². The van der Waals surface area contributed by atoms with Crippen LogP contribution in [0.25, 0.3) is 66.8 Å². The van der Waals surface area contributed by atoms with Crippen molar-refractivity contribution in [2.45, 2.75) is 70.4 Å². The molecule has 0 spiro atoms. The van der Waals surface area contributed by atoms with Crippen LogP contribution < -0.4 is 19.4 Å². The third kappa shape index (κ3) is 11.4. The van der Waals surface area contributed by atoms with Gasteiger partial charge in [0.15, 0.2) is 0 Å². The predicted molar refractivity (Wildman–Crippen MR) is 381 cm³/mol. The number of piperidine rings is 2. The highest BCUT2D eigenvalue weighted by Crippen LogP contribution is 2.56. The molecule has 16 rings (SSSR count). The Morgan fingerprint density at radius 2 is 0.711 bits per heavy atom. The molecule has 0 N–H and O–H groups in total. The van der Waals surface area contributed by atoms with Crippen molar-refractivity contribution in [1.82, 2.24) is 0 Å². The number of anilines is 7. The van der Waals surface area contributed by atoms with Crippen molar-refractivity contribution in [3.05, 3.63) is 307 Å². The lowest BCUT2D eigenvalue weighted by Crippen LogP contribution is -2.58. The van der Waals surface area contributed by atoms with Gasteiger partial charge in [0.2, 0.25) is 0 Å². The fourth-order valence-corrected chi connectivity index (χ4v) is 15.4. The number of nitrogens with zero attached hydrogens (tertiary/aromatic N) is 3. The molecule has 4 aliphatic rings. The Morgan fingerprint density at radius 1 is 0.333 bits per heavy atom. The molecule has 90 heavy (non-hydrogen) atoms. The first-order chi connectivity index (χ1) is 44.1. The van der Waals surface area contributed by atoms with Crippen molar-refractivity contribution in [3.63, 3.8) is 0 Å². The Bertz CT molecular complexity index is 4350. The Kier molecular flexibility index (Phi) is 15.4. The molecule has 4 nitrogen and oxygen atoms in total. The van der Waals surface area contributed by atoms with E-state index in [9.17, 15) is 0 Å². The van der Waals surface area contributed by atoms with E-state index in [1.54, 1.807) is 0 Å². The van der Waals surface area contributed by atoms with Crippen molar-refractivity contribution in [2.75, 3.05) is 14.7 Å². The molecule has 4 fully saturated rings. The summed E-state index contributed by atoms with van der Waals surface area (Å²) in [5, 5.41) is 0. The number of ether oxygens (including phenoxy) is 1. The largest absolute Gasteiger partial charge is 0.457 e. The van der Waals surface area contributed by atoms with E-state index in [0.717, 1.165) is 123 Å². The van der Waals surface area contributed by atoms with Crippen molar-refractivity contribution in [2.24, 2.45) is 11.8 Å². The van der Waals surface area contributed by atoms with Gasteiger partial charge in [0.25, 0.3) is 0 Å². The lowest BCUT2D eigenvalue weighted by molar-refractivity contribution is 0.0900. The summed E-state index contributed by atoms with van der Waals surface area (Å²) >= 11 is 3.87. The van der Waals surface area contributed by atoms with Crippen LogP contribution in [0.2, 0.25) is 0 Å². The lowest BCUT2D eigenvalue weighted by Gasteiger charge is -2.57. The van der Waals surface area contributed by atoms with Crippen LogP contribution in [-0.2, 0) is 5.41 Å². The van der Waals surface area contributed by atoms with Crippen molar-refractivity contribution in [1.29, 1.82) is 0 Å². The van der Waals surface area contributed by atoms with Crippen LogP contribution in [0, 0.1) is 11.8 Å². The molecule has 2 aliphatic heterocycles. The standard InChI is InChI=1S/C85H72BrN3O/c1-85(2,3)68-51-69(86)53-78(52-68)90-77-41-25-40-71(57-77)89(84-81(64-34-19-8-20-35-64)49-67(61-28-13-5-14-29-61)50-82(84)65-36-21-9-22-37-65)76-55-74(87-72-43-58-42-59(45-72)46-73(87)44-58)54-75(56-76)88(70-38-23-10-24-39-70)83-79(62-30-15-6-16-31-62)47-66(60-26-11-4-12-27-60)48-80(83)63-32-17-7-18-33-63/h4-41,47-59,72-73H,42-46H2,1-3H3. The number of rotatable bonds is 15. The molecule has 0 aromatic heterocycles. The van der Waals surface area contributed by atoms with Crippen LogP contribution in [0.1, 0.15) is 58.4 Å². The number of hydrogen-bond donors (Lipinski definition) is 0. The molecule has 2 saturated heterocycles. The molecule has 0 amide bonds. The minimum atomic E-state index is -0.0918. The van der Waals surface area contributed by atoms with Gasteiger partial charge in [-0.15, -0.1) is 0 Å². The third-order valence-corrected chi connectivity index (χ3v) is 19.3. The minimum Gasteiger partial charge on any atom is -0.457 e. The number of para-hydroxylation sites is 1.